The minimum absolute atomic E-state index is 0.149. The van der Waals surface area contributed by atoms with Gasteiger partial charge in [0.2, 0.25) is 5.88 Å². The van der Waals surface area contributed by atoms with E-state index in [0.29, 0.717) is 56.6 Å². The molecule has 1 aromatic carbocycles. The van der Waals surface area contributed by atoms with Crippen LogP contribution < -0.4 is 30.2 Å². The van der Waals surface area contributed by atoms with Crippen LogP contribution in [-0.2, 0) is 11.2 Å². The molecule has 1 fully saturated rings. The normalized spacial score (nSPS) is 18.1. The topological polar surface area (TPSA) is 121 Å². The van der Waals surface area contributed by atoms with E-state index in [1.165, 1.54) is 0 Å². The first kappa shape index (κ1) is 22.2. The number of methoxy groups -OCH3 is 1. The van der Waals surface area contributed by atoms with Crippen LogP contribution in [0.25, 0.3) is 11.0 Å². The zero-order valence-electron chi connectivity index (χ0n) is 18.9. The van der Waals surface area contributed by atoms with Crippen LogP contribution in [0.3, 0.4) is 0 Å². The van der Waals surface area contributed by atoms with Crippen molar-refractivity contribution in [1.29, 1.82) is 0 Å². The Balaban J connectivity index is 1.15. The van der Waals surface area contributed by atoms with E-state index in [1.807, 2.05) is 30.3 Å². The van der Waals surface area contributed by atoms with E-state index in [0.717, 1.165) is 22.3 Å². The lowest BCUT2D eigenvalue weighted by atomic mass is 10.1. The van der Waals surface area contributed by atoms with Crippen LogP contribution in [0.1, 0.15) is 5.56 Å². The molecule has 2 atom stereocenters. The molecule has 10 heteroatoms. The highest BCUT2D eigenvalue weighted by Gasteiger charge is 2.32. The minimum Gasteiger partial charge on any atom is -0.486 e. The monoisotopic (exact) mass is 465 g/mol. The second-order valence-electron chi connectivity index (χ2n) is 8.26. The summed E-state index contributed by atoms with van der Waals surface area (Å²) in [6.45, 7) is 2.53. The van der Waals surface area contributed by atoms with Gasteiger partial charge in [0.25, 0.3) is 0 Å². The summed E-state index contributed by atoms with van der Waals surface area (Å²) in [5.41, 5.74) is 9.70. The van der Waals surface area contributed by atoms with Crippen molar-refractivity contribution in [2.45, 2.75) is 18.6 Å². The van der Waals surface area contributed by atoms with Crippen molar-refractivity contribution in [2.24, 2.45) is 5.73 Å². The summed E-state index contributed by atoms with van der Waals surface area (Å²) >= 11 is 0. The van der Waals surface area contributed by atoms with Gasteiger partial charge < -0.3 is 30.0 Å². The van der Waals surface area contributed by atoms with Crippen molar-refractivity contribution in [3.05, 3.63) is 48.2 Å². The molecule has 4 heterocycles. The molecule has 3 N–H and O–H groups in total. The zero-order valence-corrected chi connectivity index (χ0v) is 18.9. The number of benzene rings is 1. The summed E-state index contributed by atoms with van der Waals surface area (Å²) in [4.78, 5) is 22.9. The number of anilines is 1. The summed E-state index contributed by atoms with van der Waals surface area (Å²) in [7, 11) is 1.59. The van der Waals surface area contributed by atoms with Crippen LogP contribution in [0.15, 0.2) is 42.6 Å². The number of hydrogen-bond acceptors (Lipinski definition) is 9. The van der Waals surface area contributed by atoms with Gasteiger partial charge >= 0.3 is 6.09 Å². The highest BCUT2D eigenvalue weighted by molar-refractivity contribution is 5.90. The molecule has 178 valence electrons. The maximum atomic E-state index is 12.4. The Kier molecular flexibility index (Phi) is 6.33. The number of hydrogen-bond donors (Lipinski definition) is 2. The molecule has 0 saturated carbocycles. The first-order chi connectivity index (χ1) is 16.6. The van der Waals surface area contributed by atoms with Crippen molar-refractivity contribution in [3.8, 4) is 17.4 Å². The number of rotatable bonds is 8. The smallest absolute Gasteiger partial charge is 0.414 e. The number of ether oxygens (including phenoxy) is 4. The maximum Gasteiger partial charge on any atom is 0.414 e. The third kappa shape index (κ3) is 4.68. The van der Waals surface area contributed by atoms with Gasteiger partial charge in [-0.05, 0) is 36.2 Å². The van der Waals surface area contributed by atoms with Crippen molar-refractivity contribution in [1.82, 2.24) is 15.3 Å². The van der Waals surface area contributed by atoms with E-state index in [1.54, 1.807) is 24.3 Å². The van der Waals surface area contributed by atoms with E-state index >= 15 is 0 Å². The number of nitrogens with zero attached hydrogens (tertiary/aromatic N) is 3. The van der Waals surface area contributed by atoms with Gasteiger partial charge in [-0.15, -0.1) is 0 Å². The van der Waals surface area contributed by atoms with Gasteiger partial charge in [-0.3, -0.25) is 9.88 Å². The molecular formula is C24H27N5O5. The van der Waals surface area contributed by atoms with Gasteiger partial charge in [-0.2, -0.15) is 0 Å². The molecule has 5 rings (SSSR count). The summed E-state index contributed by atoms with van der Waals surface area (Å²) in [6.07, 6.45) is 1.73. The van der Waals surface area contributed by atoms with E-state index in [2.05, 4.69) is 15.3 Å². The van der Waals surface area contributed by atoms with Crippen LogP contribution in [-0.4, -0.2) is 68.2 Å². The van der Waals surface area contributed by atoms with Crippen LogP contribution in [0.4, 0.5) is 10.5 Å². The van der Waals surface area contributed by atoms with Gasteiger partial charge in [0, 0.05) is 37.5 Å². The number of carbonyl (C=O) groups is 1. The van der Waals surface area contributed by atoms with Crippen LogP contribution in [0, 0.1) is 0 Å². The molecule has 0 spiro atoms. The second-order valence-corrected chi connectivity index (χ2v) is 8.26. The fourth-order valence-corrected chi connectivity index (χ4v) is 4.16. The van der Waals surface area contributed by atoms with Crippen molar-refractivity contribution >= 4 is 22.8 Å². The highest BCUT2D eigenvalue weighted by atomic mass is 16.6. The Morgan fingerprint density at radius 2 is 2.06 bits per heavy atom. The number of aromatic nitrogens is 2. The number of pyridine rings is 2. The number of amides is 1. The molecule has 0 aliphatic carbocycles. The number of nitrogens with two attached hydrogens (primary N) is 1. The van der Waals surface area contributed by atoms with E-state index in [-0.39, 0.29) is 18.2 Å². The van der Waals surface area contributed by atoms with Gasteiger partial charge in [-0.25, -0.2) is 9.78 Å². The van der Waals surface area contributed by atoms with E-state index in [9.17, 15) is 4.79 Å². The van der Waals surface area contributed by atoms with Crippen LogP contribution >= 0.6 is 0 Å². The predicted molar refractivity (Wildman–Crippen MR) is 126 cm³/mol. The van der Waals surface area contributed by atoms with Gasteiger partial charge in [-0.1, -0.05) is 0 Å². The quantitative estimate of drug-likeness (QED) is 0.514. The lowest BCUT2D eigenvalue weighted by Gasteiger charge is -2.21. The Bertz CT molecular complexity index is 1190. The van der Waals surface area contributed by atoms with E-state index in [4.69, 9.17) is 24.7 Å². The molecule has 2 aliphatic heterocycles. The molecule has 34 heavy (non-hydrogen) atoms. The van der Waals surface area contributed by atoms with Crippen molar-refractivity contribution < 1.29 is 23.7 Å². The molecule has 0 unspecified atom stereocenters. The molecule has 1 saturated heterocycles. The molecule has 3 aromatic rings. The van der Waals surface area contributed by atoms with Crippen LogP contribution in [0.2, 0.25) is 0 Å². The number of cyclic esters (lactones) is 1. The van der Waals surface area contributed by atoms with Gasteiger partial charge in [0.05, 0.1) is 30.4 Å². The Morgan fingerprint density at radius 1 is 1.21 bits per heavy atom. The lowest BCUT2D eigenvalue weighted by molar-refractivity contribution is 0.140. The van der Waals surface area contributed by atoms with Gasteiger partial charge in [0.1, 0.15) is 19.3 Å². The molecule has 0 bridgehead atoms. The molecule has 2 aromatic heterocycles. The van der Waals surface area contributed by atoms with Crippen LogP contribution in [0.5, 0.6) is 17.4 Å². The maximum absolute atomic E-state index is 12.4. The first-order valence-electron chi connectivity index (χ1n) is 11.2. The minimum atomic E-state index is -0.379. The lowest BCUT2D eigenvalue weighted by Crippen LogP contribution is -2.40. The summed E-state index contributed by atoms with van der Waals surface area (Å²) < 4.78 is 21.9. The number of carbonyl (C=O) groups excluding carboxylic acids is 1. The molecule has 2 aliphatic rings. The highest BCUT2D eigenvalue weighted by Crippen LogP contribution is 2.35. The predicted octanol–water partition coefficient (Wildman–Crippen LogP) is 1.89. The fraction of sp³-hybridized carbons (Fsp3) is 0.375. The Labute approximate surface area is 197 Å². The first-order valence-corrected chi connectivity index (χ1v) is 11.2. The largest absolute Gasteiger partial charge is 0.486 e. The average Bonchev–Trinajstić information content (AvgIpc) is 3.23. The molecule has 0 radical (unpaired) electrons. The third-order valence-electron chi connectivity index (χ3n) is 5.82. The summed E-state index contributed by atoms with van der Waals surface area (Å²) in [5.74, 6) is 1.87. The molecular weight excluding hydrogens is 438 g/mol. The Hall–Kier alpha value is -3.63. The summed E-state index contributed by atoms with van der Waals surface area (Å²) in [5, 5.41) is 3.33. The fourth-order valence-electron chi connectivity index (χ4n) is 4.16. The third-order valence-corrected chi connectivity index (χ3v) is 5.82. The summed E-state index contributed by atoms with van der Waals surface area (Å²) in [6, 6.07) is 10.9. The Morgan fingerprint density at radius 3 is 2.91 bits per heavy atom. The van der Waals surface area contributed by atoms with Crippen molar-refractivity contribution in [3.63, 3.8) is 0 Å². The second kappa shape index (κ2) is 9.70. The standard InChI is InChI=1S/C24H27N5O5/c1-31-22-5-3-19-23(28-22)15(6-7-27-19)10-16(25)12-26-13-18-14-29(24(30)34-18)17-2-4-20-21(11-17)33-9-8-32-20/h2-7,11,16,18,26H,8-10,12-14,25H2,1H3/t16-,18-/m1/s1. The van der Waals surface area contributed by atoms with Crippen molar-refractivity contribution in [2.75, 3.05) is 44.9 Å². The zero-order chi connectivity index (χ0) is 23.5. The number of nitrogens with one attached hydrogen (secondary N) is 1. The van der Waals surface area contributed by atoms with Gasteiger partial charge in [0.15, 0.2) is 11.5 Å². The SMILES string of the molecule is COc1ccc2nccc(C[C@@H](N)CNC[C@@H]3CN(c4ccc5c(c4)OCCO5)C(=O)O3)c2n1. The van der Waals surface area contributed by atoms with E-state index < -0.39 is 0 Å². The molecule has 1 amide bonds. The number of fused-ring (bicyclic) bond motifs is 2. The average molecular weight is 466 g/mol. The molecule has 10 nitrogen and oxygen atoms in total.